The fourth-order valence-electron chi connectivity index (χ4n) is 1.95. The van der Waals surface area contributed by atoms with Gasteiger partial charge in [0.2, 0.25) is 0 Å². The number of nitrogens with zero attached hydrogens (tertiary/aromatic N) is 1. The third kappa shape index (κ3) is 3.54. The minimum atomic E-state index is -0.342. The summed E-state index contributed by atoms with van der Waals surface area (Å²) < 4.78 is 4.65. The highest BCUT2D eigenvalue weighted by molar-refractivity contribution is 6.13. The predicted molar refractivity (Wildman–Crippen MR) is 80.1 cm³/mol. The number of carbonyl (C=O) groups excluding carboxylic acids is 1. The summed E-state index contributed by atoms with van der Waals surface area (Å²) in [6, 6.07) is 17.9. The molecule has 2 rings (SSSR count). The van der Waals surface area contributed by atoms with Crippen molar-refractivity contribution in [1.82, 2.24) is 0 Å². The van der Waals surface area contributed by atoms with Gasteiger partial charge in [0, 0.05) is 11.1 Å². The van der Waals surface area contributed by atoms with Gasteiger partial charge < -0.3 is 4.74 Å². The minimum Gasteiger partial charge on any atom is -0.468 e. The molecule has 0 atom stereocenters. The standard InChI is InChI=1S/C17H17NO2/c1-13-7-6-10-15(11-13)17(18-12-16(19)20-2)14-8-4-3-5-9-14/h3-11H,12H2,1-2H3. The fraction of sp³-hybridized carbons (Fsp3) is 0.176. The van der Waals surface area contributed by atoms with Crippen LogP contribution in [0.2, 0.25) is 0 Å². The van der Waals surface area contributed by atoms with E-state index in [2.05, 4.69) is 15.8 Å². The average molecular weight is 267 g/mol. The molecular weight excluding hydrogens is 250 g/mol. The third-order valence-corrected chi connectivity index (χ3v) is 2.93. The second-order valence-electron chi connectivity index (χ2n) is 4.48. The van der Waals surface area contributed by atoms with Crippen molar-refractivity contribution in [2.45, 2.75) is 6.92 Å². The topological polar surface area (TPSA) is 38.7 Å². The molecule has 3 nitrogen and oxygen atoms in total. The Kier molecular flexibility index (Phi) is 4.66. The van der Waals surface area contributed by atoms with Gasteiger partial charge in [0.25, 0.3) is 0 Å². The number of hydrogen-bond acceptors (Lipinski definition) is 3. The molecule has 0 aliphatic rings. The Morgan fingerprint density at radius 2 is 1.75 bits per heavy atom. The number of carbonyl (C=O) groups is 1. The molecular formula is C17H17NO2. The Morgan fingerprint density at radius 3 is 2.40 bits per heavy atom. The molecule has 3 heteroatoms. The summed E-state index contributed by atoms with van der Waals surface area (Å²) in [5, 5.41) is 0. The van der Waals surface area contributed by atoms with Gasteiger partial charge in [0.15, 0.2) is 0 Å². The number of methoxy groups -OCH3 is 1. The first-order valence-electron chi connectivity index (χ1n) is 6.44. The Morgan fingerprint density at radius 1 is 1.05 bits per heavy atom. The van der Waals surface area contributed by atoms with Crippen molar-refractivity contribution in [3.05, 3.63) is 71.3 Å². The van der Waals surface area contributed by atoms with E-state index in [1.165, 1.54) is 7.11 Å². The largest absolute Gasteiger partial charge is 0.468 e. The van der Waals surface area contributed by atoms with Crippen molar-refractivity contribution in [3.63, 3.8) is 0 Å². The van der Waals surface area contributed by atoms with Crippen molar-refractivity contribution in [2.75, 3.05) is 13.7 Å². The summed E-state index contributed by atoms with van der Waals surface area (Å²) in [4.78, 5) is 15.7. The highest BCUT2D eigenvalue weighted by atomic mass is 16.5. The van der Waals surface area contributed by atoms with Crippen molar-refractivity contribution in [1.29, 1.82) is 0 Å². The number of aryl methyl sites for hydroxylation is 1. The first kappa shape index (κ1) is 14.0. The van der Waals surface area contributed by atoms with Gasteiger partial charge in [-0.1, -0.05) is 54.1 Å². The van der Waals surface area contributed by atoms with Gasteiger partial charge in [0.1, 0.15) is 6.54 Å². The Bertz CT molecular complexity index is 618. The van der Waals surface area contributed by atoms with Gasteiger partial charge in [-0.3, -0.25) is 9.79 Å². The molecule has 0 spiro atoms. The average Bonchev–Trinajstić information content (AvgIpc) is 2.48. The summed E-state index contributed by atoms with van der Waals surface area (Å²) in [5.74, 6) is -0.342. The van der Waals surface area contributed by atoms with Crippen molar-refractivity contribution in [3.8, 4) is 0 Å². The lowest BCUT2D eigenvalue weighted by molar-refractivity contribution is -0.138. The van der Waals surface area contributed by atoms with E-state index < -0.39 is 0 Å². The lowest BCUT2D eigenvalue weighted by atomic mass is 10.0. The van der Waals surface area contributed by atoms with E-state index in [9.17, 15) is 4.79 Å². The van der Waals surface area contributed by atoms with Gasteiger partial charge >= 0.3 is 5.97 Å². The van der Waals surface area contributed by atoms with Crippen LogP contribution in [0.4, 0.5) is 0 Å². The Labute approximate surface area is 118 Å². The zero-order valence-electron chi connectivity index (χ0n) is 11.7. The van der Waals surface area contributed by atoms with E-state index in [1.54, 1.807) is 0 Å². The number of rotatable bonds is 4. The number of hydrogen-bond donors (Lipinski definition) is 0. The highest BCUT2D eigenvalue weighted by Crippen LogP contribution is 2.12. The molecule has 0 N–H and O–H groups in total. The molecule has 0 aliphatic carbocycles. The van der Waals surface area contributed by atoms with E-state index in [0.717, 1.165) is 22.4 Å². The zero-order chi connectivity index (χ0) is 14.4. The van der Waals surface area contributed by atoms with Crippen LogP contribution in [0, 0.1) is 6.92 Å². The highest BCUT2D eigenvalue weighted by Gasteiger charge is 2.08. The summed E-state index contributed by atoms with van der Waals surface area (Å²) in [7, 11) is 1.37. The molecule has 0 saturated heterocycles. The maximum absolute atomic E-state index is 11.3. The Hall–Kier alpha value is -2.42. The van der Waals surface area contributed by atoms with Crippen LogP contribution in [-0.2, 0) is 9.53 Å². The number of esters is 1. The first-order chi connectivity index (χ1) is 9.70. The van der Waals surface area contributed by atoms with Gasteiger partial charge in [-0.05, 0) is 13.0 Å². The SMILES string of the molecule is COC(=O)CN=C(c1ccccc1)c1cccc(C)c1. The van der Waals surface area contributed by atoms with Crippen LogP contribution in [0.1, 0.15) is 16.7 Å². The monoisotopic (exact) mass is 267 g/mol. The second-order valence-corrected chi connectivity index (χ2v) is 4.48. The first-order valence-corrected chi connectivity index (χ1v) is 6.44. The van der Waals surface area contributed by atoms with Gasteiger partial charge in [-0.15, -0.1) is 0 Å². The summed E-state index contributed by atoms with van der Waals surface area (Å²) in [6.07, 6.45) is 0. The molecule has 2 aromatic rings. The zero-order valence-corrected chi connectivity index (χ0v) is 11.7. The van der Waals surface area contributed by atoms with Crippen LogP contribution in [0.25, 0.3) is 0 Å². The lowest BCUT2D eigenvalue weighted by Crippen LogP contribution is -2.10. The molecule has 102 valence electrons. The van der Waals surface area contributed by atoms with Crippen LogP contribution in [0.5, 0.6) is 0 Å². The lowest BCUT2D eigenvalue weighted by Gasteiger charge is -2.08. The van der Waals surface area contributed by atoms with E-state index >= 15 is 0 Å². The second kappa shape index (κ2) is 6.66. The van der Waals surface area contributed by atoms with Crippen molar-refractivity contribution in [2.24, 2.45) is 4.99 Å². The minimum absolute atomic E-state index is 0.0225. The van der Waals surface area contributed by atoms with Gasteiger partial charge in [-0.2, -0.15) is 0 Å². The van der Waals surface area contributed by atoms with E-state index in [-0.39, 0.29) is 12.5 Å². The number of ether oxygens (including phenoxy) is 1. The van der Waals surface area contributed by atoms with Crippen LogP contribution < -0.4 is 0 Å². The van der Waals surface area contributed by atoms with E-state index in [1.807, 2.05) is 55.5 Å². The molecule has 0 unspecified atom stereocenters. The van der Waals surface area contributed by atoms with Gasteiger partial charge in [0.05, 0.1) is 12.8 Å². The molecule has 0 radical (unpaired) electrons. The quantitative estimate of drug-likeness (QED) is 0.631. The smallest absolute Gasteiger partial charge is 0.327 e. The van der Waals surface area contributed by atoms with Gasteiger partial charge in [-0.25, -0.2) is 0 Å². The molecule has 0 amide bonds. The van der Waals surface area contributed by atoms with Crippen molar-refractivity contribution < 1.29 is 9.53 Å². The van der Waals surface area contributed by atoms with Crippen molar-refractivity contribution >= 4 is 11.7 Å². The summed E-state index contributed by atoms with van der Waals surface area (Å²) in [5.41, 5.74) is 3.95. The van der Waals surface area contributed by atoms with E-state index in [0.29, 0.717) is 0 Å². The molecule has 0 saturated carbocycles. The molecule has 0 bridgehead atoms. The van der Waals surface area contributed by atoms with Crippen LogP contribution in [-0.4, -0.2) is 25.3 Å². The maximum Gasteiger partial charge on any atom is 0.327 e. The molecule has 0 aromatic heterocycles. The maximum atomic E-state index is 11.3. The summed E-state index contributed by atoms with van der Waals surface area (Å²) in [6.45, 7) is 2.06. The predicted octanol–water partition coefficient (Wildman–Crippen LogP) is 3.01. The van der Waals surface area contributed by atoms with E-state index in [4.69, 9.17) is 0 Å². The van der Waals surface area contributed by atoms with Crippen LogP contribution in [0.3, 0.4) is 0 Å². The van der Waals surface area contributed by atoms with Crippen LogP contribution in [0.15, 0.2) is 59.6 Å². The molecule has 0 fully saturated rings. The van der Waals surface area contributed by atoms with Crippen LogP contribution >= 0.6 is 0 Å². The molecule has 0 heterocycles. The number of benzene rings is 2. The number of aliphatic imine (C=N–C) groups is 1. The molecule has 0 aliphatic heterocycles. The third-order valence-electron chi connectivity index (χ3n) is 2.93. The normalized spacial score (nSPS) is 11.2. The Balaban J connectivity index is 2.42. The fourth-order valence-corrected chi connectivity index (χ4v) is 1.95. The molecule has 2 aromatic carbocycles. The molecule has 20 heavy (non-hydrogen) atoms. The summed E-state index contributed by atoms with van der Waals surface area (Å²) >= 11 is 0.